The maximum atomic E-state index is 9.75. The highest BCUT2D eigenvalue weighted by Gasteiger charge is 1.98. The Hall–Kier alpha value is -0.640. The summed E-state index contributed by atoms with van der Waals surface area (Å²) < 4.78 is 0. The summed E-state index contributed by atoms with van der Waals surface area (Å²) in [5.74, 6) is 0.939. The Morgan fingerprint density at radius 1 is 1.67 bits per heavy atom. The van der Waals surface area contributed by atoms with Crippen molar-refractivity contribution in [1.82, 2.24) is 0 Å². The van der Waals surface area contributed by atoms with Crippen molar-refractivity contribution in [3.8, 4) is 0 Å². The van der Waals surface area contributed by atoms with Crippen molar-refractivity contribution in [2.75, 3.05) is 18.8 Å². The topological polar surface area (TPSA) is 41.8 Å². The number of dihydropyridines is 1. The van der Waals surface area contributed by atoms with Gasteiger partial charge in [-0.05, 0) is 18.9 Å². The van der Waals surface area contributed by atoms with E-state index < -0.39 is 0 Å². The first-order valence-corrected chi connectivity index (χ1v) is 5.05. The third-order valence-corrected chi connectivity index (χ3v) is 2.52. The van der Waals surface area contributed by atoms with Crippen LogP contribution in [0, 0.1) is 4.91 Å². The Balaban J connectivity index is 2.10. The molecule has 1 aliphatic rings. The lowest BCUT2D eigenvalue weighted by Gasteiger charge is -2.03. The van der Waals surface area contributed by atoms with E-state index >= 15 is 0 Å². The Labute approximate surface area is 76.3 Å². The number of aliphatic imine (C=N–C) groups is 1. The quantitative estimate of drug-likeness (QED) is 0.496. The van der Waals surface area contributed by atoms with Gasteiger partial charge in [0, 0.05) is 12.3 Å². The SMILES string of the molecule is O=NCCCSC1=NCCC=C1. The lowest BCUT2D eigenvalue weighted by atomic mass is 10.3. The standard InChI is InChI=1S/C8H12N2OS/c11-10-6-3-7-12-8-4-1-2-5-9-8/h1,4H,2-3,5-7H2. The summed E-state index contributed by atoms with van der Waals surface area (Å²) in [5.41, 5.74) is 0. The summed E-state index contributed by atoms with van der Waals surface area (Å²) in [6.07, 6.45) is 6.08. The Kier molecular flexibility index (Phi) is 4.68. The van der Waals surface area contributed by atoms with Crippen molar-refractivity contribution in [3.05, 3.63) is 17.1 Å². The molecule has 1 rings (SSSR count). The zero-order valence-corrected chi connectivity index (χ0v) is 7.72. The van der Waals surface area contributed by atoms with Gasteiger partial charge in [0.25, 0.3) is 0 Å². The van der Waals surface area contributed by atoms with E-state index in [1.807, 2.05) is 6.08 Å². The molecule has 0 spiro atoms. The number of thioether (sulfide) groups is 1. The molecule has 0 aliphatic carbocycles. The highest BCUT2D eigenvalue weighted by atomic mass is 32.2. The number of hydrogen-bond acceptors (Lipinski definition) is 4. The van der Waals surface area contributed by atoms with Crippen molar-refractivity contribution >= 4 is 16.8 Å². The van der Waals surface area contributed by atoms with E-state index in [1.165, 1.54) is 0 Å². The monoisotopic (exact) mass is 184 g/mol. The lowest BCUT2D eigenvalue weighted by molar-refractivity contribution is 0.937. The van der Waals surface area contributed by atoms with Crippen molar-refractivity contribution in [3.63, 3.8) is 0 Å². The van der Waals surface area contributed by atoms with Gasteiger partial charge in [-0.2, -0.15) is 4.91 Å². The van der Waals surface area contributed by atoms with Crippen LogP contribution in [0.1, 0.15) is 12.8 Å². The minimum atomic E-state index is 0.421. The van der Waals surface area contributed by atoms with Crippen LogP contribution in [0.3, 0.4) is 0 Å². The largest absolute Gasteiger partial charge is 0.278 e. The zero-order valence-electron chi connectivity index (χ0n) is 6.90. The van der Waals surface area contributed by atoms with Crippen molar-refractivity contribution in [2.24, 2.45) is 10.2 Å². The average molecular weight is 184 g/mol. The van der Waals surface area contributed by atoms with Crippen LogP contribution in [0.25, 0.3) is 0 Å². The normalized spacial score (nSPS) is 15.8. The smallest absolute Gasteiger partial charge is 0.0901 e. The van der Waals surface area contributed by atoms with Gasteiger partial charge in [-0.3, -0.25) is 4.99 Å². The maximum Gasteiger partial charge on any atom is 0.0901 e. The number of nitroso groups, excluding NO2 is 1. The van der Waals surface area contributed by atoms with E-state index in [2.05, 4.69) is 16.2 Å². The second kappa shape index (κ2) is 5.94. The summed E-state index contributed by atoms with van der Waals surface area (Å²) in [4.78, 5) is 14.1. The van der Waals surface area contributed by atoms with E-state index in [0.29, 0.717) is 6.54 Å². The van der Waals surface area contributed by atoms with E-state index in [9.17, 15) is 4.91 Å². The Morgan fingerprint density at radius 3 is 3.25 bits per heavy atom. The molecule has 0 fully saturated rings. The summed E-state index contributed by atoms with van der Waals surface area (Å²) in [6.45, 7) is 1.33. The second-order valence-electron chi connectivity index (χ2n) is 2.47. The number of rotatable bonds is 4. The summed E-state index contributed by atoms with van der Waals surface area (Å²) in [7, 11) is 0. The number of nitrogens with zero attached hydrogens (tertiary/aromatic N) is 2. The van der Waals surface area contributed by atoms with E-state index in [1.54, 1.807) is 11.8 Å². The lowest BCUT2D eigenvalue weighted by Crippen LogP contribution is -1.97. The van der Waals surface area contributed by atoms with E-state index in [-0.39, 0.29) is 0 Å². The predicted molar refractivity (Wildman–Crippen MR) is 53.8 cm³/mol. The molecule has 0 unspecified atom stereocenters. The van der Waals surface area contributed by atoms with Gasteiger partial charge < -0.3 is 0 Å². The van der Waals surface area contributed by atoms with Gasteiger partial charge in [0.15, 0.2) is 0 Å². The van der Waals surface area contributed by atoms with Crippen LogP contribution in [0.2, 0.25) is 0 Å². The minimum Gasteiger partial charge on any atom is -0.278 e. The van der Waals surface area contributed by atoms with Crippen LogP contribution in [-0.4, -0.2) is 23.9 Å². The molecule has 1 aliphatic heterocycles. The molecule has 0 amide bonds. The van der Waals surface area contributed by atoms with Gasteiger partial charge in [0.2, 0.25) is 0 Å². The molecule has 0 atom stereocenters. The molecule has 0 N–H and O–H groups in total. The Morgan fingerprint density at radius 2 is 2.58 bits per heavy atom. The van der Waals surface area contributed by atoms with Crippen LogP contribution in [0.15, 0.2) is 22.3 Å². The summed E-state index contributed by atoms with van der Waals surface area (Å²) >= 11 is 1.70. The highest BCUT2D eigenvalue weighted by molar-refractivity contribution is 8.14. The molecule has 1 heterocycles. The highest BCUT2D eigenvalue weighted by Crippen LogP contribution is 2.11. The molecule has 12 heavy (non-hydrogen) atoms. The molecule has 0 radical (unpaired) electrons. The van der Waals surface area contributed by atoms with Gasteiger partial charge in [0.1, 0.15) is 0 Å². The molecule has 0 bridgehead atoms. The van der Waals surface area contributed by atoms with Crippen LogP contribution in [0.5, 0.6) is 0 Å². The van der Waals surface area contributed by atoms with E-state index in [4.69, 9.17) is 0 Å². The van der Waals surface area contributed by atoms with Crippen LogP contribution in [0.4, 0.5) is 0 Å². The molecule has 0 saturated heterocycles. The van der Waals surface area contributed by atoms with Gasteiger partial charge in [0.05, 0.1) is 11.6 Å². The zero-order chi connectivity index (χ0) is 8.65. The number of hydrogen-bond donors (Lipinski definition) is 0. The third-order valence-electron chi connectivity index (χ3n) is 1.47. The molecule has 66 valence electrons. The average Bonchev–Trinajstić information content (AvgIpc) is 2.14. The molecule has 4 heteroatoms. The predicted octanol–water partition coefficient (Wildman–Crippen LogP) is 2.23. The molecular formula is C8H12N2OS. The fourth-order valence-electron chi connectivity index (χ4n) is 0.886. The van der Waals surface area contributed by atoms with Crippen molar-refractivity contribution < 1.29 is 0 Å². The fraction of sp³-hybridized carbons (Fsp3) is 0.625. The summed E-state index contributed by atoms with van der Waals surface area (Å²) in [6, 6.07) is 0. The molecule has 0 aromatic heterocycles. The fourth-order valence-corrected chi connectivity index (χ4v) is 1.74. The molecule has 0 aromatic carbocycles. The molecule has 3 nitrogen and oxygen atoms in total. The molecule has 0 aromatic rings. The van der Waals surface area contributed by atoms with E-state index in [0.717, 1.165) is 30.2 Å². The van der Waals surface area contributed by atoms with Gasteiger partial charge in [-0.1, -0.05) is 11.3 Å². The van der Waals surface area contributed by atoms with Crippen LogP contribution < -0.4 is 0 Å². The van der Waals surface area contributed by atoms with Gasteiger partial charge in [-0.15, -0.1) is 11.8 Å². The van der Waals surface area contributed by atoms with Gasteiger partial charge >= 0.3 is 0 Å². The van der Waals surface area contributed by atoms with Crippen molar-refractivity contribution in [2.45, 2.75) is 12.8 Å². The van der Waals surface area contributed by atoms with Crippen molar-refractivity contribution in [1.29, 1.82) is 0 Å². The second-order valence-corrected chi connectivity index (χ2v) is 3.58. The Bertz CT molecular complexity index is 201. The minimum absolute atomic E-state index is 0.421. The first-order valence-electron chi connectivity index (χ1n) is 4.06. The summed E-state index contributed by atoms with van der Waals surface area (Å²) in [5, 5.41) is 3.89. The van der Waals surface area contributed by atoms with Gasteiger partial charge in [-0.25, -0.2) is 0 Å². The van der Waals surface area contributed by atoms with Crippen LogP contribution >= 0.6 is 11.8 Å². The third kappa shape index (κ3) is 3.67. The molecule has 0 saturated carbocycles. The first-order chi connectivity index (χ1) is 5.93. The maximum absolute atomic E-state index is 9.75. The first kappa shape index (κ1) is 9.45. The van der Waals surface area contributed by atoms with Crippen LogP contribution in [-0.2, 0) is 0 Å². The molecular weight excluding hydrogens is 172 g/mol.